The molecule has 0 saturated carbocycles. The minimum Gasteiger partial charge on any atom is -0.392 e. The molecule has 0 saturated heterocycles. The van der Waals surface area contributed by atoms with E-state index in [1.165, 1.54) is 11.3 Å². The van der Waals surface area contributed by atoms with Gasteiger partial charge >= 0.3 is 0 Å². The first-order chi connectivity index (χ1) is 18.2. The molecule has 3 N–H and O–H groups in total. The highest BCUT2D eigenvalue weighted by Gasteiger charge is 2.19. The number of aliphatic hydroxyl groups excluding tert-OH is 2. The van der Waals surface area contributed by atoms with Crippen LogP contribution in [0.5, 0.6) is 0 Å². The van der Waals surface area contributed by atoms with E-state index >= 15 is 0 Å². The number of benzene rings is 2. The zero-order valence-corrected chi connectivity index (χ0v) is 23.3. The number of halogens is 1. The fourth-order valence-electron chi connectivity index (χ4n) is 4.50. The predicted octanol–water partition coefficient (Wildman–Crippen LogP) is 4.08. The number of carbonyl (C=O) groups is 1. The molecule has 0 spiro atoms. The molecule has 200 valence electrons. The number of nitrogens with one attached hydrogen (secondary N) is 1. The molecule has 1 amide bonds. The Balaban J connectivity index is 1.45. The Hall–Kier alpha value is -3.01. The lowest BCUT2D eigenvalue weighted by molar-refractivity contribution is -0.120. The molecule has 2 aromatic heterocycles. The lowest BCUT2D eigenvalue weighted by atomic mass is 10.1. The quantitative estimate of drug-likeness (QED) is 0.275. The Kier molecular flexibility index (Phi) is 9.02. The smallest absolute Gasteiger partial charge is 0.224 e. The van der Waals surface area contributed by atoms with Gasteiger partial charge in [-0.15, -0.1) is 11.3 Å². The molecule has 0 fully saturated rings. The summed E-state index contributed by atoms with van der Waals surface area (Å²) in [4.78, 5) is 29.0. The maximum Gasteiger partial charge on any atom is 0.224 e. The first kappa shape index (κ1) is 28.0. The van der Waals surface area contributed by atoms with Crippen molar-refractivity contribution in [3.63, 3.8) is 0 Å². The van der Waals surface area contributed by atoms with Crippen LogP contribution in [0.3, 0.4) is 0 Å². The minimum absolute atomic E-state index is 0.00362. The molecule has 0 radical (unpaired) electrons. The molecule has 4 aromatic rings. The van der Waals surface area contributed by atoms with Crippen molar-refractivity contribution in [2.24, 2.45) is 7.05 Å². The van der Waals surface area contributed by atoms with Crippen molar-refractivity contribution in [2.75, 3.05) is 13.6 Å². The highest BCUT2D eigenvalue weighted by atomic mass is 35.5. The third-order valence-corrected chi connectivity index (χ3v) is 8.13. The van der Waals surface area contributed by atoms with Crippen LogP contribution in [0, 0.1) is 6.92 Å². The number of carbonyl (C=O) groups excluding carboxylic acids is 1. The molecule has 0 aliphatic carbocycles. The van der Waals surface area contributed by atoms with Crippen molar-refractivity contribution >= 4 is 39.1 Å². The summed E-state index contributed by atoms with van der Waals surface area (Å²) in [5.41, 5.74) is 4.75. The highest BCUT2D eigenvalue weighted by Crippen LogP contribution is 2.30. The molecule has 0 aliphatic rings. The van der Waals surface area contributed by atoms with Crippen LogP contribution in [-0.2, 0) is 38.0 Å². The van der Waals surface area contributed by atoms with Crippen LogP contribution < -0.4 is 10.7 Å². The summed E-state index contributed by atoms with van der Waals surface area (Å²) in [5, 5.41) is 23.4. The molecule has 0 aliphatic heterocycles. The van der Waals surface area contributed by atoms with Crippen LogP contribution in [-0.4, -0.2) is 39.2 Å². The number of hydrogen-bond donors (Lipinski definition) is 3. The summed E-state index contributed by atoms with van der Waals surface area (Å²) in [6.07, 6.45) is 1.08. The number of aryl methyl sites for hydroxylation is 2. The van der Waals surface area contributed by atoms with Crippen molar-refractivity contribution < 1.29 is 15.0 Å². The first-order valence-corrected chi connectivity index (χ1v) is 13.5. The van der Waals surface area contributed by atoms with Gasteiger partial charge < -0.3 is 20.1 Å². The Morgan fingerprint density at radius 3 is 2.45 bits per heavy atom. The fraction of sp³-hybridized carbons (Fsp3) is 0.310. The first-order valence-electron chi connectivity index (χ1n) is 12.3. The van der Waals surface area contributed by atoms with Gasteiger partial charge in [-0.25, -0.2) is 0 Å². The van der Waals surface area contributed by atoms with Gasteiger partial charge in [-0.2, -0.15) is 0 Å². The Morgan fingerprint density at radius 1 is 1.13 bits per heavy atom. The van der Waals surface area contributed by atoms with Gasteiger partial charge in [-0.05, 0) is 48.4 Å². The monoisotopic (exact) mass is 553 g/mol. The van der Waals surface area contributed by atoms with Crippen molar-refractivity contribution in [3.8, 4) is 0 Å². The topological polar surface area (TPSA) is 94.8 Å². The lowest BCUT2D eigenvalue weighted by Gasteiger charge is -2.20. The number of hydrogen-bond acceptors (Lipinski definition) is 6. The molecule has 0 bridgehead atoms. The largest absolute Gasteiger partial charge is 0.392 e. The van der Waals surface area contributed by atoms with Crippen molar-refractivity contribution in [1.29, 1.82) is 0 Å². The number of nitrogens with zero attached hydrogens (tertiary/aromatic N) is 2. The number of thiophene rings is 1. The summed E-state index contributed by atoms with van der Waals surface area (Å²) in [7, 11) is 3.83. The van der Waals surface area contributed by atoms with Gasteiger partial charge in [0, 0.05) is 48.3 Å². The second-order valence-corrected chi connectivity index (χ2v) is 11.2. The summed E-state index contributed by atoms with van der Waals surface area (Å²) >= 11 is 7.36. The third-order valence-electron chi connectivity index (χ3n) is 6.61. The SMILES string of the molecule is Cc1c(CN(C)CC(O)c2ccc(CO)cc2)sc2c(=O)c(CC(=O)NCc3ccc(Cl)cc3)cn(C)c12. The summed E-state index contributed by atoms with van der Waals surface area (Å²) in [6.45, 7) is 3.33. The van der Waals surface area contributed by atoms with Gasteiger partial charge in [0.1, 0.15) is 0 Å². The van der Waals surface area contributed by atoms with Crippen molar-refractivity contribution in [1.82, 2.24) is 14.8 Å². The maximum atomic E-state index is 13.3. The number of fused-ring (bicyclic) bond motifs is 1. The van der Waals surface area contributed by atoms with Gasteiger partial charge in [-0.1, -0.05) is 48.0 Å². The highest BCUT2D eigenvalue weighted by molar-refractivity contribution is 7.19. The van der Waals surface area contributed by atoms with E-state index < -0.39 is 6.10 Å². The number of aromatic nitrogens is 1. The minimum atomic E-state index is -0.674. The van der Waals surface area contributed by atoms with E-state index in [1.807, 2.05) is 54.8 Å². The van der Waals surface area contributed by atoms with Crippen LogP contribution in [0.1, 0.15) is 38.8 Å². The maximum absolute atomic E-state index is 13.3. The van der Waals surface area contributed by atoms with E-state index in [1.54, 1.807) is 30.5 Å². The van der Waals surface area contributed by atoms with E-state index in [4.69, 9.17) is 11.6 Å². The van der Waals surface area contributed by atoms with Crippen molar-refractivity contribution in [2.45, 2.75) is 39.1 Å². The average molecular weight is 554 g/mol. The Morgan fingerprint density at radius 2 is 1.79 bits per heavy atom. The third kappa shape index (κ3) is 6.51. The van der Waals surface area contributed by atoms with Crippen LogP contribution in [0.25, 0.3) is 10.2 Å². The molecular weight excluding hydrogens is 522 g/mol. The number of rotatable bonds is 10. The van der Waals surface area contributed by atoms with Gasteiger partial charge in [0.15, 0.2) is 0 Å². The molecule has 2 aromatic carbocycles. The predicted molar refractivity (Wildman–Crippen MR) is 152 cm³/mol. The number of likely N-dealkylation sites (N-methyl/N-ethyl adjacent to an activating group) is 1. The van der Waals surface area contributed by atoms with Crippen molar-refractivity contribution in [3.05, 3.63) is 103 Å². The summed E-state index contributed by atoms with van der Waals surface area (Å²) in [6, 6.07) is 14.5. The fourth-order valence-corrected chi connectivity index (χ4v) is 6.03. The van der Waals surface area contributed by atoms with Crippen LogP contribution in [0.15, 0.2) is 59.5 Å². The van der Waals surface area contributed by atoms with E-state index in [-0.39, 0.29) is 24.4 Å². The molecule has 2 heterocycles. The zero-order chi connectivity index (χ0) is 27.4. The van der Waals surface area contributed by atoms with Gasteiger partial charge in [-0.3, -0.25) is 14.5 Å². The zero-order valence-electron chi connectivity index (χ0n) is 21.7. The van der Waals surface area contributed by atoms with E-state index in [9.17, 15) is 19.8 Å². The average Bonchev–Trinajstić information content (AvgIpc) is 3.23. The van der Waals surface area contributed by atoms with Gasteiger partial charge in [0.05, 0.1) is 29.3 Å². The standard InChI is InChI=1S/C29H32ClN3O4S/c1-18-25(16-32(2)15-24(35)21-8-4-20(17-34)5-9-21)38-29-27(18)33(3)14-22(28(29)37)12-26(36)31-13-19-6-10-23(30)11-7-19/h4-11,14,24,34-35H,12-13,15-17H2,1-3H3,(H,31,36). The van der Waals surface area contributed by atoms with Crippen LogP contribution >= 0.6 is 22.9 Å². The molecule has 1 atom stereocenters. The van der Waals surface area contributed by atoms with E-state index in [2.05, 4.69) is 5.32 Å². The number of pyridine rings is 1. The normalized spacial score (nSPS) is 12.3. The summed E-state index contributed by atoms with van der Waals surface area (Å²) in [5.74, 6) is -0.217. The second kappa shape index (κ2) is 12.2. The molecule has 38 heavy (non-hydrogen) atoms. The van der Waals surface area contributed by atoms with E-state index in [0.717, 1.165) is 32.6 Å². The van der Waals surface area contributed by atoms with Crippen LogP contribution in [0.4, 0.5) is 0 Å². The van der Waals surface area contributed by atoms with Gasteiger partial charge in [0.2, 0.25) is 11.3 Å². The molecule has 7 nitrogen and oxygen atoms in total. The van der Waals surface area contributed by atoms with Gasteiger partial charge in [0.25, 0.3) is 0 Å². The summed E-state index contributed by atoms with van der Waals surface area (Å²) < 4.78 is 2.56. The lowest BCUT2D eigenvalue weighted by Crippen LogP contribution is -2.27. The number of amides is 1. The molecular formula is C29H32ClN3O4S. The van der Waals surface area contributed by atoms with Crippen LogP contribution in [0.2, 0.25) is 5.02 Å². The Bertz CT molecular complexity index is 1480. The molecule has 9 heteroatoms. The van der Waals surface area contributed by atoms with E-state index in [0.29, 0.717) is 34.9 Å². The second-order valence-electron chi connectivity index (χ2n) is 9.61. The Labute approximate surface area is 230 Å². The molecule has 4 rings (SSSR count). The molecule has 1 unspecified atom stereocenters. The number of aliphatic hydroxyl groups is 2.